The minimum absolute atomic E-state index is 0.625. The standard InChI is InChI=1S/C14H19N7/c1-3-12-16-6-8-20(12)7-4-5-15-13-9-11(2)19-14-17-10-18-21(13)14/h6,8-10,15H,3-5,7H2,1-2H3. The minimum atomic E-state index is 0.625. The van der Waals surface area contributed by atoms with Crippen molar-refractivity contribution < 1.29 is 0 Å². The van der Waals surface area contributed by atoms with E-state index >= 15 is 0 Å². The zero-order chi connectivity index (χ0) is 14.7. The lowest BCUT2D eigenvalue weighted by Gasteiger charge is -2.10. The summed E-state index contributed by atoms with van der Waals surface area (Å²) in [5.74, 6) is 2.69. The van der Waals surface area contributed by atoms with Crippen LogP contribution in [-0.2, 0) is 13.0 Å². The van der Waals surface area contributed by atoms with Gasteiger partial charge in [-0.2, -0.15) is 14.6 Å². The zero-order valence-corrected chi connectivity index (χ0v) is 12.3. The maximum absolute atomic E-state index is 4.33. The van der Waals surface area contributed by atoms with Gasteiger partial charge in [0.05, 0.1) is 0 Å². The zero-order valence-electron chi connectivity index (χ0n) is 12.3. The van der Waals surface area contributed by atoms with E-state index in [0.717, 1.165) is 43.3 Å². The lowest BCUT2D eigenvalue weighted by atomic mass is 10.3. The monoisotopic (exact) mass is 285 g/mol. The molecule has 0 aromatic carbocycles. The third-order valence-electron chi connectivity index (χ3n) is 3.38. The predicted molar refractivity (Wildman–Crippen MR) is 80.2 cm³/mol. The molecule has 0 saturated heterocycles. The molecule has 0 bridgehead atoms. The van der Waals surface area contributed by atoms with Crippen molar-refractivity contribution >= 4 is 11.6 Å². The Morgan fingerprint density at radius 2 is 2.19 bits per heavy atom. The molecule has 21 heavy (non-hydrogen) atoms. The van der Waals surface area contributed by atoms with Crippen molar-refractivity contribution in [2.75, 3.05) is 11.9 Å². The Morgan fingerprint density at radius 3 is 3.05 bits per heavy atom. The highest BCUT2D eigenvalue weighted by Crippen LogP contribution is 2.10. The van der Waals surface area contributed by atoms with Crippen molar-refractivity contribution in [3.63, 3.8) is 0 Å². The maximum Gasteiger partial charge on any atom is 0.254 e. The van der Waals surface area contributed by atoms with Gasteiger partial charge in [0.25, 0.3) is 5.78 Å². The summed E-state index contributed by atoms with van der Waals surface area (Å²) in [5.41, 5.74) is 0.931. The van der Waals surface area contributed by atoms with Crippen LogP contribution in [0, 0.1) is 6.92 Å². The molecule has 0 fully saturated rings. The fraction of sp³-hybridized carbons (Fsp3) is 0.429. The predicted octanol–water partition coefficient (Wildman–Crippen LogP) is 1.69. The average molecular weight is 285 g/mol. The SMILES string of the molecule is CCc1nccn1CCCNc1cc(C)nc2ncnn12. The van der Waals surface area contributed by atoms with E-state index in [1.165, 1.54) is 6.33 Å². The second-order valence-corrected chi connectivity index (χ2v) is 4.93. The molecule has 0 aliphatic carbocycles. The Morgan fingerprint density at radius 1 is 1.29 bits per heavy atom. The van der Waals surface area contributed by atoms with Crippen molar-refractivity contribution in [2.45, 2.75) is 33.2 Å². The molecule has 1 N–H and O–H groups in total. The van der Waals surface area contributed by atoms with Gasteiger partial charge in [0, 0.05) is 43.7 Å². The van der Waals surface area contributed by atoms with Gasteiger partial charge in [-0.25, -0.2) is 9.97 Å². The molecule has 3 heterocycles. The highest BCUT2D eigenvalue weighted by molar-refractivity contribution is 5.44. The normalized spacial score (nSPS) is 11.1. The molecular weight excluding hydrogens is 266 g/mol. The van der Waals surface area contributed by atoms with Gasteiger partial charge in [-0.1, -0.05) is 6.92 Å². The van der Waals surface area contributed by atoms with E-state index in [0.29, 0.717) is 5.78 Å². The molecule has 7 nitrogen and oxygen atoms in total. The molecule has 7 heteroatoms. The van der Waals surface area contributed by atoms with Gasteiger partial charge in [-0.3, -0.25) is 0 Å². The van der Waals surface area contributed by atoms with E-state index in [1.54, 1.807) is 4.52 Å². The Balaban J connectivity index is 1.61. The Bertz CT molecular complexity index is 728. The van der Waals surface area contributed by atoms with Crippen molar-refractivity contribution in [2.24, 2.45) is 0 Å². The second-order valence-electron chi connectivity index (χ2n) is 4.93. The van der Waals surface area contributed by atoms with Gasteiger partial charge in [-0.05, 0) is 13.3 Å². The van der Waals surface area contributed by atoms with Crippen molar-refractivity contribution in [1.29, 1.82) is 0 Å². The molecule has 3 aromatic heterocycles. The number of imidazole rings is 1. The van der Waals surface area contributed by atoms with Gasteiger partial charge in [0.1, 0.15) is 18.0 Å². The molecule has 0 aliphatic rings. The number of fused-ring (bicyclic) bond motifs is 1. The number of rotatable bonds is 6. The van der Waals surface area contributed by atoms with Crippen LogP contribution in [0.5, 0.6) is 0 Å². The third-order valence-corrected chi connectivity index (χ3v) is 3.38. The number of aromatic nitrogens is 6. The average Bonchev–Trinajstić information content (AvgIpc) is 3.11. The summed E-state index contributed by atoms with van der Waals surface area (Å²) in [5, 5.41) is 7.58. The van der Waals surface area contributed by atoms with Crippen LogP contribution in [-0.4, -0.2) is 35.7 Å². The highest BCUT2D eigenvalue weighted by atomic mass is 15.3. The molecule has 0 unspecified atom stereocenters. The van der Waals surface area contributed by atoms with Gasteiger partial charge >= 0.3 is 0 Å². The number of anilines is 1. The number of aryl methyl sites for hydroxylation is 3. The van der Waals surface area contributed by atoms with Crippen LogP contribution >= 0.6 is 0 Å². The molecule has 0 spiro atoms. The summed E-state index contributed by atoms with van der Waals surface area (Å²) < 4.78 is 3.92. The molecule has 0 radical (unpaired) electrons. The van der Waals surface area contributed by atoms with E-state index in [2.05, 4.69) is 36.9 Å². The fourth-order valence-electron chi connectivity index (χ4n) is 2.38. The lowest BCUT2D eigenvalue weighted by molar-refractivity contribution is 0.628. The first-order chi connectivity index (χ1) is 10.3. The van der Waals surface area contributed by atoms with E-state index in [-0.39, 0.29) is 0 Å². The smallest absolute Gasteiger partial charge is 0.254 e. The number of hydrogen-bond donors (Lipinski definition) is 1. The highest BCUT2D eigenvalue weighted by Gasteiger charge is 2.05. The van der Waals surface area contributed by atoms with Crippen LogP contribution in [0.1, 0.15) is 24.9 Å². The largest absolute Gasteiger partial charge is 0.370 e. The summed E-state index contributed by atoms with van der Waals surface area (Å²) in [7, 11) is 0. The molecule has 0 aliphatic heterocycles. The first-order valence-electron chi connectivity index (χ1n) is 7.19. The van der Waals surface area contributed by atoms with E-state index in [4.69, 9.17) is 0 Å². The van der Waals surface area contributed by atoms with Crippen LogP contribution in [0.3, 0.4) is 0 Å². The van der Waals surface area contributed by atoms with Gasteiger partial charge in [-0.15, -0.1) is 0 Å². The summed E-state index contributed by atoms with van der Waals surface area (Å²) in [6.45, 7) is 5.90. The summed E-state index contributed by atoms with van der Waals surface area (Å²) in [6, 6.07) is 1.98. The van der Waals surface area contributed by atoms with Crippen LogP contribution < -0.4 is 5.32 Å². The second kappa shape index (κ2) is 5.90. The van der Waals surface area contributed by atoms with Gasteiger partial charge in [0.2, 0.25) is 0 Å². The van der Waals surface area contributed by atoms with Gasteiger partial charge in [0.15, 0.2) is 0 Å². The third kappa shape index (κ3) is 2.86. The number of nitrogens with zero attached hydrogens (tertiary/aromatic N) is 6. The van der Waals surface area contributed by atoms with Gasteiger partial charge < -0.3 is 9.88 Å². The van der Waals surface area contributed by atoms with E-state index in [1.807, 2.05) is 25.4 Å². The molecule has 0 atom stereocenters. The van der Waals surface area contributed by atoms with Crippen LogP contribution in [0.15, 0.2) is 24.8 Å². The number of nitrogens with one attached hydrogen (secondary N) is 1. The molecule has 3 rings (SSSR count). The van der Waals surface area contributed by atoms with Crippen molar-refractivity contribution in [3.05, 3.63) is 36.3 Å². The lowest BCUT2D eigenvalue weighted by Crippen LogP contribution is -2.11. The summed E-state index contributed by atoms with van der Waals surface area (Å²) >= 11 is 0. The number of hydrogen-bond acceptors (Lipinski definition) is 5. The maximum atomic E-state index is 4.33. The molecule has 0 saturated carbocycles. The molecule has 0 amide bonds. The minimum Gasteiger partial charge on any atom is -0.370 e. The van der Waals surface area contributed by atoms with E-state index < -0.39 is 0 Å². The summed E-state index contributed by atoms with van der Waals surface area (Å²) in [6.07, 6.45) is 7.39. The first-order valence-corrected chi connectivity index (χ1v) is 7.19. The topological polar surface area (TPSA) is 72.9 Å². The molecule has 3 aromatic rings. The van der Waals surface area contributed by atoms with Crippen molar-refractivity contribution in [3.8, 4) is 0 Å². The van der Waals surface area contributed by atoms with Crippen LogP contribution in [0.2, 0.25) is 0 Å². The molecule has 110 valence electrons. The van der Waals surface area contributed by atoms with Crippen LogP contribution in [0.4, 0.5) is 5.82 Å². The van der Waals surface area contributed by atoms with E-state index in [9.17, 15) is 0 Å². The first kappa shape index (κ1) is 13.5. The van der Waals surface area contributed by atoms with Crippen molar-refractivity contribution in [1.82, 2.24) is 29.1 Å². The fourth-order valence-corrected chi connectivity index (χ4v) is 2.38. The Kier molecular flexibility index (Phi) is 3.81. The quantitative estimate of drug-likeness (QED) is 0.698. The summed E-state index contributed by atoms with van der Waals surface area (Å²) in [4.78, 5) is 12.8. The molecular formula is C14H19N7. The Labute approximate surface area is 123 Å². The Hall–Kier alpha value is -2.44. The van der Waals surface area contributed by atoms with Crippen LogP contribution in [0.25, 0.3) is 5.78 Å².